The fourth-order valence-electron chi connectivity index (χ4n) is 4.15. The van der Waals surface area contributed by atoms with Crippen molar-refractivity contribution in [3.8, 4) is 0 Å². The summed E-state index contributed by atoms with van der Waals surface area (Å²) in [4.78, 5) is 7.29. The first kappa shape index (κ1) is 23.9. The van der Waals surface area contributed by atoms with Gasteiger partial charge in [-0.15, -0.1) is 10.2 Å². The molecule has 2 N–H and O–H groups in total. The minimum atomic E-state index is 0.301. The van der Waals surface area contributed by atoms with Crippen LogP contribution in [0.3, 0.4) is 0 Å². The molecule has 1 saturated heterocycles. The molecule has 1 aliphatic heterocycles. The SMILES string of the molecule is Cc1nnc(CN=C(NCCCN2CCOCC2)NC2CCC(OC(C)C)CC2)n1C. The fourth-order valence-corrected chi connectivity index (χ4v) is 4.15. The molecule has 1 aromatic rings. The summed E-state index contributed by atoms with van der Waals surface area (Å²) in [6, 6.07) is 0.429. The van der Waals surface area contributed by atoms with Gasteiger partial charge < -0.3 is 24.7 Å². The average molecular weight is 436 g/mol. The Hall–Kier alpha value is -1.71. The summed E-state index contributed by atoms with van der Waals surface area (Å²) >= 11 is 0. The molecule has 1 saturated carbocycles. The maximum absolute atomic E-state index is 6.00. The van der Waals surface area contributed by atoms with Gasteiger partial charge in [-0.3, -0.25) is 4.90 Å². The predicted octanol–water partition coefficient (Wildman–Crippen LogP) is 1.62. The summed E-state index contributed by atoms with van der Waals surface area (Å²) in [6.07, 6.45) is 6.18. The number of hydrogen-bond donors (Lipinski definition) is 2. The molecule has 0 radical (unpaired) electrons. The van der Waals surface area contributed by atoms with Crippen LogP contribution in [0.15, 0.2) is 4.99 Å². The highest BCUT2D eigenvalue weighted by Gasteiger charge is 2.23. The van der Waals surface area contributed by atoms with E-state index in [9.17, 15) is 0 Å². The number of guanidine groups is 1. The zero-order valence-corrected chi connectivity index (χ0v) is 19.8. The summed E-state index contributed by atoms with van der Waals surface area (Å²) in [5.74, 6) is 2.65. The molecule has 2 fully saturated rings. The number of nitrogens with zero attached hydrogens (tertiary/aromatic N) is 5. The van der Waals surface area contributed by atoms with E-state index in [0.717, 1.165) is 89.1 Å². The van der Waals surface area contributed by atoms with Crippen molar-refractivity contribution in [1.82, 2.24) is 30.3 Å². The number of aromatic nitrogens is 3. The number of rotatable bonds is 9. The van der Waals surface area contributed by atoms with E-state index in [1.54, 1.807) is 0 Å². The van der Waals surface area contributed by atoms with Crippen molar-refractivity contribution in [3.05, 3.63) is 11.6 Å². The molecule has 1 aliphatic carbocycles. The minimum Gasteiger partial charge on any atom is -0.379 e. The lowest BCUT2D eigenvalue weighted by atomic mass is 9.93. The first-order valence-electron chi connectivity index (χ1n) is 11.9. The molecule has 9 heteroatoms. The topological polar surface area (TPSA) is 88.8 Å². The lowest BCUT2D eigenvalue weighted by Gasteiger charge is -2.31. The molecule has 3 rings (SSSR count). The van der Waals surface area contributed by atoms with E-state index >= 15 is 0 Å². The van der Waals surface area contributed by atoms with Crippen LogP contribution in [0.1, 0.15) is 57.6 Å². The van der Waals surface area contributed by atoms with Gasteiger partial charge in [-0.25, -0.2) is 4.99 Å². The Balaban J connectivity index is 1.50. The second-order valence-corrected chi connectivity index (χ2v) is 8.92. The Morgan fingerprint density at radius 1 is 1.19 bits per heavy atom. The summed E-state index contributed by atoms with van der Waals surface area (Å²) in [5, 5.41) is 15.6. The van der Waals surface area contributed by atoms with Crippen LogP contribution in [0, 0.1) is 6.92 Å². The quantitative estimate of drug-likeness (QED) is 0.346. The van der Waals surface area contributed by atoms with Gasteiger partial charge in [-0.05, 0) is 59.4 Å². The standard InChI is InChI=1S/C22H41N7O2/c1-17(2)31-20-8-6-19(7-9-20)25-22(24-16-21-27-26-18(3)28(21)4)23-10-5-11-29-12-14-30-15-13-29/h17,19-20H,5-16H2,1-4H3,(H2,23,24,25). The van der Waals surface area contributed by atoms with E-state index in [4.69, 9.17) is 14.5 Å². The Labute approximate surface area is 187 Å². The van der Waals surface area contributed by atoms with E-state index in [1.807, 2.05) is 18.5 Å². The van der Waals surface area contributed by atoms with E-state index in [0.29, 0.717) is 24.8 Å². The smallest absolute Gasteiger partial charge is 0.191 e. The maximum atomic E-state index is 6.00. The molecule has 176 valence electrons. The van der Waals surface area contributed by atoms with E-state index < -0.39 is 0 Å². The van der Waals surface area contributed by atoms with Crippen LogP contribution in [-0.4, -0.2) is 83.3 Å². The summed E-state index contributed by atoms with van der Waals surface area (Å²) in [5.41, 5.74) is 0. The van der Waals surface area contributed by atoms with Crippen LogP contribution in [0.4, 0.5) is 0 Å². The van der Waals surface area contributed by atoms with Crippen molar-refractivity contribution in [1.29, 1.82) is 0 Å². The molecule has 0 amide bonds. The monoisotopic (exact) mass is 435 g/mol. The van der Waals surface area contributed by atoms with Gasteiger partial charge >= 0.3 is 0 Å². The highest BCUT2D eigenvalue weighted by atomic mass is 16.5. The van der Waals surface area contributed by atoms with Gasteiger partial charge in [0.05, 0.1) is 25.4 Å². The molecule has 1 aromatic heterocycles. The van der Waals surface area contributed by atoms with E-state index in [-0.39, 0.29) is 0 Å². The molecule has 31 heavy (non-hydrogen) atoms. The highest BCUT2D eigenvalue weighted by molar-refractivity contribution is 5.80. The fraction of sp³-hybridized carbons (Fsp3) is 0.864. The molecule has 0 bridgehead atoms. The number of morpholine rings is 1. The zero-order valence-electron chi connectivity index (χ0n) is 19.8. The van der Waals surface area contributed by atoms with Gasteiger partial charge in [0, 0.05) is 32.7 Å². The van der Waals surface area contributed by atoms with Crippen LogP contribution in [0.2, 0.25) is 0 Å². The molecule has 2 aliphatic rings. The third kappa shape index (κ3) is 8.05. The van der Waals surface area contributed by atoms with Crippen molar-refractivity contribution in [2.75, 3.05) is 39.4 Å². The number of ether oxygens (including phenoxy) is 2. The Bertz CT molecular complexity index is 677. The normalized spacial score (nSPS) is 23.3. The second kappa shape index (κ2) is 12.4. The average Bonchev–Trinajstić information content (AvgIpc) is 3.08. The lowest BCUT2D eigenvalue weighted by Crippen LogP contribution is -2.46. The van der Waals surface area contributed by atoms with Crippen molar-refractivity contribution in [2.24, 2.45) is 12.0 Å². The third-order valence-electron chi connectivity index (χ3n) is 6.09. The van der Waals surface area contributed by atoms with Gasteiger partial charge in [0.2, 0.25) is 0 Å². The van der Waals surface area contributed by atoms with Crippen LogP contribution in [0.5, 0.6) is 0 Å². The first-order valence-corrected chi connectivity index (χ1v) is 11.9. The number of nitrogens with one attached hydrogen (secondary N) is 2. The lowest BCUT2D eigenvalue weighted by molar-refractivity contribution is -0.0152. The van der Waals surface area contributed by atoms with Gasteiger partial charge in [0.25, 0.3) is 0 Å². The van der Waals surface area contributed by atoms with E-state index in [1.165, 1.54) is 0 Å². The summed E-state index contributed by atoms with van der Waals surface area (Å²) in [6.45, 7) is 12.5. The molecule has 0 spiro atoms. The van der Waals surface area contributed by atoms with Gasteiger partial charge in [0.15, 0.2) is 11.8 Å². The van der Waals surface area contributed by atoms with Crippen molar-refractivity contribution < 1.29 is 9.47 Å². The second-order valence-electron chi connectivity index (χ2n) is 8.92. The van der Waals surface area contributed by atoms with E-state index in [2.05, 4.69) is 39.6 Å². The van der Waals surface area contributed by atoms with Crippen molar-refractivity contribution >= 4 is 5.96 Å². The molecular formula is C22H41N7O2. The predicted molar refractivity (Wildman–Crippen MR) is 122 cm³/mol. The Kier molecular flexibility index (Phi) is 9.54. The van der Waals surface area contributed by atoms with Gasteiger partial charge in [-0.2, -0.15) is 0 Å². The Morgan fingerprint density at radius 2 is 1.94 bits per heavy atom. The summed E-state index contributed by atoms with van der Waals surface area (Å²) in [7, 11) is 1.99. The third-order valence-corrected chi connectivity index (χ3v) is 6.09. The molecule has 0 aromatic carbocycles. The van der Waals surface area contributed by atoms with Crippen LogP contribution >= 0.6 is 0 Å². The minimum absolute atomic E-state index is 0.301. The largest absolute Gasteiger partial charge is 0.379 e. The van der Waals surface area contributed by atoms with Crippen molar-refractivity contribution in [2.45, 2.75) is 77.7 Å². The zero-order chi connectivity index (χ0) is 22.1. The molecule has 2 heterocycles. The Morgan fingerprint density at radius 3 is 2.58 bits per heavy atom. The number of aliphatic imine (C=N–C) groups is 1. The van der Waals surface area contributed by atoms with Crippen LogP contribution in [-0.2, 0) is 23.1 Å². The van der Waals surface area contributed by atoms with Crippen LogP contribution < -0.4 is 10.6 Å². The van der Waals surface area contributed by atoms with Gasteiger partial charge in [-0.1, -0.05) is 0 Å². The maximum Gasteiger partial charge on any atom is 0.191 e. The number of aryl methyl sites for hydroxylation is 1. The molecule has 0 unspecified atom stereocenters. The molecule has 9 nitrogen and oxygen atoms in total. The highest BCUT2D eigenvalue weighted by Crippen LogP contribution is 2.22. The van der Waals surface area contributed by atoms with Crippen LogP contribution in [0.25, 0.3) is 0 Å². The van der Waals surface area contributed by atoms with Gasteiger partial charge in [0.1, 0.15) is 12.4 Å². The first-order chi connectivity index (χ1) is 15.0. The molecular weight excluding hydrogens is 394 g/mol. The summed E-state index contributed by atoms with van der Waals surface area (Å²) < 4.78 is 13.4. The number of hydrogen-bond acceptors (Lipinski definition) is 6. The van der Waals surface area contributed by atoms with Crippen molar-refractivity contribution in [3.63, 3.8) is 0 Å². The molecule has 0 atom stereocenters.